The fraction of sp³-hybridized carbons (Fsp3) is 0.842. The van der Waals surface area contributed by atoms with Crippen LogP contribution in [0.2, 0.25) is 0 Å². The molecule has 1 saturated carbocycles. The molecule has 3 aliphatic rings. The summed E-state index contributed by atoms with van der Waals surface area (Å²) in [5.74, 6) is 4.09. The van der Waals surface area contributed by atoms with Gasteiger partial charge in [-0.05, 0) is 12.8 Å². The van der Waals surface area contributed by atoms with Crippen molar-refractivity contribution in [3.63, 3.8) is 0 Å². The quantitative estimate of drug-likeness (QED) is 0.388. The highest BCUT2D eigenvalue weighted by Gasteiger charge is 2.59. The maximum absolute atomic E-state index is 5.91. The van der Waals surface area contributed by atoms with Gasteiger partial charge in [0.15, 0.2) is 5.96 Å². The van der Waals surface area contributed by atoms with Gasteiger partial charge in [-0.25, -0.2) is 0 Å². The topological polar surface area (TPSA) is 76.4 Å². The Kier molecular flexibility index (Phi) is 6.05. The molecule has 4 unspecified atom stereocenters. The lowest BCUT2D eigenvalue weighted by molar-refractivity contribution is -0.106. The van der Waals surface area contributed by atoms with Crippen LogP contribution in [0.1, 0.15) is 58.1 Å². The van der Waals surface area contributed by atoms with Crippen LogP contribution in [0.25, 0.3) is 0 Å². The third-order valence-corrected chi connectivity index (χ3v) is 6.45. The average molecular weight is 488 g/mol. The molecule has 7 nitrogen and oxygen atoms in total. The Labute approximate surface area is 179 Å². The highest BCUT2D eigenvalue weighted by molar-refractivity contribution is 14.0. The van der Waals surface area contributed by atoms with Crippen molar-refractivity contribution in [2.45, 2.75) is 77.6 Å². The molecule has 4 atom stereocenters. The molecular weight excluding hydrogens is 455 g/mol. The smallest absolute Gasteiger partial charge is 0.191 e. The van der Waals surface area contributed by atoms with Crippen LogP contribution < -0.4 is 10.6 Å². The van der Waals surface area contributed by atoms with Crippen LogP contribution in [0.3, 0.4) is 0 Å². The lowest BCUT2D eigenvalue weighted by atomic mass is 9.57. The number of ether oxygens (including phenoxy) is 1. The zero-order valence-electron chi connectivity index (χ0n) is 17.0. The minimum atomic E-state index is 0. The first kappa shape index (κ1) is 20.8. The summed E-state index contributed by atoms with van der Waals surface area (Å²) in [5, 5.41) is 16.1. The summed E-state index contributed by atoms with van der Waals surface area (Å²) in [5.41, 5.74) is 0.150. The number of aliphatic imine (C=N–C) groups is 1. The van der Waals surface area contributed by atoms with E-state index in [1.165, 1.54) is 0 Å². The van der Waals surface area contributed by atoms with E-state index in [2.05, 4.69) is 58.1 Å². The van der Waals surface area contributed by atoms with Crippen molar-refractivity contribution in [2.24, 2.45) is 16.3 Å². The molecule has 0 aromatic carbocycles. The number of aromatic nitrogens is 3. The summed E-state index contributed by atoms with van der Waals surface area (Å²) in [4.78, 5) is 4.50. The van der Waals surface area contributed by atoms with Crippen LogP contribution in [-0.4, -0.2) is 52.6 Å². The largest absolute Gasteiger partial charge is 0.377 e. The van der Waals surface area contributed by atoms with Crippen molar-refractivity contribution in [3.8, 4) is 0 Å². The second-order valence-corrected chi connectivity index (χ2v) is 8.88. The van der Waals surface area contributed by atoms with E-state index < -0.39 is 0 Å². The molecule has 1 saturated heterocycles. The zero-order chi connectivity index (χ0) is 18.5. The van der Waals surface area contributed by atoms with Gasteiger partial charge in [0, 0.05) is 56.0 Å². The highest BCUT2D eigenvalue weighted by Crippen LogP contribution is 2.52. The molecule has 0 bridgehead atoms. The van der Waals surface area contributed by atoms with Crippen LogP contribution in [0.4, 0.5) is 0 Å². The van der Waals surface area contributed by atoms with Crippen molar-refractivity contribution < 1.29 is 4.74 Å². The van der Waals surface area contributed by atoms with Crippen LogP contribution in [0, 0.1) is 11.3 Å². The van der Waals surface area contributed by atoms with Gasteiger partial charge in [0.2, 0.25) is 0 Å². The van der Waals surface area contributed by atoms with Crippen molar-refractivity contribution >= 4 is 29.9 Å². The van der Waals surface area contributed by atoms with Crippen molar-refractivity contribution in [2.75, 3.05) is 13.7 Å². The summed E-state index contributed by atoms with van der Waals surface area (Å²) >= 11 is 0. The van der Waals surface area contributed by atoms with E-state index >= 15 is 0 Å². The van der Waals surface area contributed by atoms with Crippen LogP contribution in [0.15, 0.2) is 4.99 Å². The number of rotatable bonds is 3. The van der Waals surface area contributed by atoms with Gasteiger partial charge in [-0.3, -0.25) is 4.99 Å². The highest BCUT2D eigenvalue weighted by atomic mass is 127. The van der Waals surface area contributed by atoms with Gasteiger partial charge >= 0.3 is 0 Å². The first-order chi connectivity index (χ1) is 12.4. The van der Waals surface area contributed by atoms with E-state index in [9.17, 15) is 0 Å². The molecule has 1 aromatic heterocycles. The summed E-state index contributed by atoms with van der Waals surface area (Å²) in [6, 6.07) is 0.766. The summed E-state index contributed by atoms with van der Waals surface area (Å²) in [6.07, 6.45) is 3.55. The van der Waals surface area contributed by atoms with Gasteiger partial charge in [-0.2, -0.15) is 0 Å². The lowest BCUT2D eigenvalue weighted by Gasteiger charge is -2.55. The molecule has 8 heteroatoms. The fourth-order valence-electron chi connectivity index (χ4n) is 5.02. The maximum atomic E-state index is 5.91. The molecule has 152 valence electrons. The Bertz CT molecular complexity index is 700. The van der Waals surface area contributed by atoms with E-state index in [-0.39, 0.29) is 29.4 Å². The average Bonchev–Trinajstić information content (AvgIpc) is 3.23. The van der Waals surface area contributed by atoms with Gasteiger partial charge in [0.05, 0.1) is 6.10 Å². The van der Waals surface area contributed by atoms with Crippen molar-refractivity contribution in [1.82, 2.24) is 25.4 Å². The fourth-order valence-corrected chi connectivity index (χ4v) is 5.02. The van der Waals surface area contributed by atoms with Gasteiger partial charge in [-0.1, -0.05) is 27.7 Å². The predicted molar refractivity (Wildman–Crippen MR) is 117 cm³/mol. The van der Waals surface area contributed by atoms with Gasteiger partial charge in [0.25, 0.3) is 0 Å². The molecule has 1 aromatic rings. The lowest BCUT2D eigenvalue weighted by Crippen LogP contribution is -2.68. The number of nitrogens with zero attached hydrogens (tertiary/aromatic N) is 4. The van der Waals surface area contributed by atoms with Crippen LogP contribution in [-0.2, 0) is 17.7 Å². The Balaban J connectivity index is 0.00000210. The second-order valence-electron chi connectivity index (χ2n) is 8.88. The molecule has 3 heterocycles. The number of nitrogens with one attached hydrogen (secondary N) is 2. The first-order valence-corrected chi connectivity index (χ1v) is 9.95. The predicted octanol–water partition coefficient (Wildman–Crippen LogP) is 2.31. The first-order valence-electron chi connectivity index (χ1n) is 9.95. The normalized spacial score (nSPS) is 31.6. The SMILES string of the molecule is CN=C(NC1CCc2nnc(C(C)C)n2C1)NC1C2CCOC2C1(C)C.I. The zero-order valence-corrected chi connectivity index (χ0v) is 19.4. The molecule has 2 aliphatic heterocycles. The number of aryl methyl sites for hydroxylation is 1. The van der Waals surface area contributed by atoms with Gasteiger partial charge in [0.1, 0.15) is 11.6 Å². The molecule has 4 rings (SSSR count). The Morgan fingerprint density at radius 1 is 1.26 bits per heavy atom. The minimum Gasteiger partial charge on any atom is -0.377 e. The Hall–Kier alpha value is -0.900. The van der Waals surface area contributed by atoms with Gasteiger partial charge in [-0.15, -0.1) is 34.2 Å². The number of hydrogen-bond acceptors (Lipinski definition) is 4. The van der Waals surface area contributed by atoms with Crippen molar-refractivity contribution in [1.29, 1.82) is 0 Å². The minimum absolute atomic E-state index is 0. The van der Waals surface area contributed by atoms with E-state index in [0.717, 1.165) is 50.0 Å². The van der Waals surface area contributed by atoms with Gasteiger partial charge < -0.3 is 19.9 Å². The van der Waals surface area contributed by atoms with Crippen molar-refractivity contribution in [3.05, 3.63) is 11.6 Å². The van der Waals surface area contributed by atoms with E-state index in [0.29, 0.717) is 30.0 Å². The monoisotopic (exact) mass is 488 g/mol. The number of guanidine groups is 1. The molecule has 1 aliphatic carbocycles. The molecular formula is C19H33IN6O. The van der Waals surface area contributed by atoms with E-state index in [1.54, 1.807) is 0 Å². The molecule has 0 spiro atoms. The number of hydrogen-bond donors (Lipinski definition) is 2. The Morgan fingerprint density at radius 3 is 2.74 bits per heavy atom. The number of fused-ring (bicyclic) bond motifs is 2. The molecule has 0 radical (unpaired) electrons. The second kappa shape index (κ2) is 7.85. The van der Waals surface area contributed by atoms with E-state index in [4.69, 9.17) is 4.74 Å². The standard InChI is InChI=1S/C19H32N6O.HI/c1-11(2)17-24-23-14-7-6-12(10-25(14)17)21-18(20-5)22-15-13-8-9-26-16(13)19(15,3)4;/h11-13,15-16H,6-10H2,1-5H3,(H2,20,21,22);1H. The molecule has 2 fully saturated rings. The Morgan fingerprint density at radius 2 is 2.04 bits per heavy atom. The summed E-state index contributed by atoms with van der Waals surface area (Å²) < 4.78 is 8.20. The van der Waals surface area contributed by atoms with Crippen LogP contribution in [0.5, 0.6) is 0 Å². The summed E-state index contributed by atoms with van der Waals surface area (Å²) in [7, 11) is 1.86. The third kappa shape index (κ3) is 3.59. The van der Waals surface area contributed by atoms with Crippen LogP contribution >= 0.6 is 24.0 Å². The van der Waals surface area contributed by atoms with E-state index in [1.807, 2.05) is 7.05 Å². The third-order valence-electron chi connectivity index (χ3n) is 6.45. The molecule has 2 N–H and O–H groups in total. The molecule has 0 amide bonds. The molecule has 27 heavy (non-hydrogen) atoms. The summed E-state index contributed by atoms with van der Waals surface area (Å²) in [6.45, 7) is 10.7. The number of halogens is 1. The maximum Gasteiger partial charge on any atom is 0.191 e.